The van der Waals surface area contributed by atoms with Crippen molar-refractivity contribution in [3.63, 3.8) is 0 Å². The predicted octanol–water partition coefficient (Wildman–Crippen LogP) is 6.14. The SMILES string of the molecule is C=CC(=O)Nc1cc(Nc2nccc(-c3cn(C)c4ccccc34)n2)c(OCC(F)(F)F)nc1N(C)CCN(C)C(=O)OC(C)(C)C. The van der Waals surface area contributed by atoms with Gasteiger partial charge in [-0.2, -0.15) is 18.2 Å². The Morgan fingerprint density at radius 2 is 1.79 bits per heavy atom. The molecule has 1 aromatic carbocycles. The number of fused-ring (bicyclic) bond motifs is 1. The normalized spacial score (nSPS) is 11.6. The predicted molar refractivity (Wildman–Crippen MR) is 174 cm³/mol. The molecule has 250 valence electrons. The number of hydrogen-bond acceptors (Lipinski definition) is 9. The molecular formula is C32H37F3N8O4. The smallest absolute Gasteiger partial charge is 0.422 e. The largest absolute Gasteiger partial charge is 0.466 e. The molecule has 2 N–H and O–H groups in total. The highest BCUT2D eigenvalue weighted by atomic mass is 19.4. The molecule has 4 aromatic rings. The molecule has 3 aromatic heterocycles. The third kappa shape index (κ3) is 9.11. The van der Waals surface area contributed by atoms with Gasteiger partial charge in [0.2, 0.25) is 17.7 Å². The summed E-state index contributed by atoms with van der Waals surface area (Å²) in [4.78, 5) is 41.0. The lowest BCUT2D eigenvalue weighted by molar-refractivity contribution is -0.153. The lowest BCUT2D eigenvalue weighted by atomic mass is 10.1. The number of aromatic nitrogens is 4. The van der Waals surface area contributed by atoms with Crippen LogP contribution in [0.3, 0.4) is 0 Å². The maximum absolute atomic E-state index is 13.3. The Labute approximate surface area is 270 Å². The first-order valence-corrected chi connectivity index (χ1v) is 14.5. The van der Waals surface area contributed by atoms with Crippen LogP contribution in [0.1, 0.15) is 20.8 Å². The molecule has 4 rings (SSSR count). The zero-order chi connectivity index (χ0) is 34.5. The number of carbonyl (C=O) groups is 2. The Bertz CT molecular complexity index is 1770. The fraction of sp³-hybridized carbons (Fsp3) is 0.344. The monoisotopic (exact) mass is 654 g/mol. The van der Waals surface area contributed by atoms with Gasteiger partial charge in [0, 0.05) is 63.1 Å². The van der Waals surface area contributed by atoms with Gasteiger partial charge in [0.05, 0.1) is 11.4 Å². The number of hydrogen-bond donors (Lipinski definition) is 2. The molecule has 0 aliphatic rings. The van der Waals surface area contributed by atoms with Gasteiger partial charge in [-0.05, 0) is 45.0 Å². The number of halogens is 3. The molecule has 0 atom stereocenters. The van der Waals surface area contributed by atoms with Gasteiger partial charge in [0.25, 0.3) is 0 Å². The number of likely N-dealkylation sites (N-methyl/N-ethyl adjacent to an activating group) is 2. The Kier molecular flexibility index (Phi) is 10.3. The maximum Gasteiger partial charge on any atom is 0.422 e. The highest BCUT2D eigenvalue weighted by molar-refractivity contribution is 6.01. The summed E-state index contributed by atoms with van der Waals surface area (Å²) in [5.41, 5.74) is 1.77. The van der Waals surface area contributed by atoms with Crippen LogP contribution < -0.4 is 20.3 Å². The highest BCUT2D eigenvalue weighted by Crippen LogP contribution is 2.36. The number of aryl methyl sites for hydroxylation is 1. The Morgan fingerprint density at radius 1 is 1.06 bits per heavy atom. The number of pyridine rings is 1. The minimum Gasteiger partial charge on any atom is -0.466 e. The number of carbonyl (C=O) groups excluding carboxylic acids is 2. The van der Waals surface area contributed by atoms with E-state index in [1.807, 2.05) is 42.1 Å². The van der Waals surface area contributed by atoms with Crippen molar-refractivity contribution in [3.8, 4) is 17.1 Å². The molecular weight excluding hydrogens is 617 g/mol. The summed E-state index contributed by atoms with van der Waals surface area (Å²) in [6.45, 7) is 7.40. The Balaban J connectivity index is 1.70. The topological polar surface area (TPSA) is 127 Å². The van der Waals surface area contributed by atoms with Crippen molar-refractivity contribution in [1.29, 1.82) is 0 Å². The molecule has 2 amide bonds. The van der Waals surface area contributed by atoms with E-state index in [-0.39, 0.29) is 36.2 Å². The van der Waals surface area contributed by atoms with Crippen molar-refractivity contribution in [2.45, 2.75) is 32.5 Å². The second-order valence-corrected chi connectivity index (χ2v) is 11.7. The quantitative estimate of drug-likeness (QED) is 0.183. The van der Waals surface area contributed by atoms with E-state index in [0.29, 0.717) is 5.69 Å². The van der Waals surface area contributed by atoms with Crippen molar-refractivity contribution in [1.82, 2.24) is 24.4 Å². The third-order valence-corrected chi connectivity index (χ3v) is 6.70. The van der Waals surface area contributed by atoms with E-state index in [1.165, 1.54) is 17.2 Å². The van der Waals surface area contributed by atoms with Gasteiger partial charge in [-0.3, -0.25) is 4.79 Å². The Hall–Kier alpha value is -5.34. The van der Waals surface area contributed by atoms with Gasteiger partial charge >= 0.3 is 12.3 Å². The third-order valence-electron chi connectivity index (χ3n) is 6.70. The van der Waals surface area contributed by atoms with Crippen LogP contribution in [0.2, 0.25) is 0 Å². The zero-order valence-electron chi connectivity index (χ0n) is 27.0. The van der Waals surface area contributed by atoms with Crippen LogP contribution in [0.25, 0.3) is 22.2 Å². The molecule has 0 radical (unpaired) electrons. The second-order valence-electron chi connectivity index (χ2n) is 11.7. The highest BCUT2D eigenvalue weighted by Gasteiger charge is 2.30. The minimum atomic E-state index is -4.67. The summed E-state index contributed by atoms with van der Waals surface area (Å²) in [5.74, 6) is -0.877. The van der Waals surface area contributed by atoms with E-state index in [2.05, 4.69) is 32.2 Å². The lowest BCUT2D eigenvalue weighted by Crippen LogP contribution is -2.38. The standard InChI is InChI=1S/C32H37F3N8O4/c1-8-26(44)37-23-17-24(39-29-36-14-13-22(38-29)21-18-43(7)25-12-10-9-11-20(21)25)28(46-19-32(33,34)35)40-27(23)41(5)15-16-42(6)30(45)47-31(2,3)4/h8-14,17-18H,1,15-16,19H2,2-7H3,(H,37,44)(H,36,38,39). The molecule has 0 fully saturated rings. The molecule has 47 heavy (non-hydrogen) atoms. The van der Waals surface area contributed by atoms with Crippen LogP contribution in [0.5, 0.6) is 5.88 Å². The number of nitrogens with zero attached hydrogens (tertiary/aromatic N) is 6. The van der Waals surface area contributed by atoms with E-state index >= 15 is 0 Å². The fourth-order valence-corrected chi connectivity index (χ4v) is 4.48. The van der Waals surface area contributed by atoms with Gasteiger partial charge in [-0.15, -0.1) is 0 Å². The fourth-order valence-electron chi connectivity index (χ4n) is 4.48. The number of nitrogens with one attached hydrogen (secondary N) is 2. The van der Waals surface area contributed by atoms with Crippen molar-refractivity contribution in [2.24, 2.45) is 7.05 Å². The summed E-state index contributed by atoms with van der Waals surface area (Å²) >= 11 is 0. The van der Waals surface area contributed by atoms with Gasteiger partial charge in [0.15, 0.2) is 12.4 Å². The van der Waals surface area contributed by atoms with Gasteiger partial charge in [-0.1, -0.05) is 24.8 Å². The summed E-state index contributed by atoms with van der Waals surface area (Å²) in [6, 6.07) is 10.9. The summed E-state index contributed by atoms with van der Waals surface area (Å²) in [6.07, 6.45) is -0.748. The van der Waals surface area contributed by atoms with Crippen molar-refractivity contribution in [3.05, 3.63) is 61.4 Å². The number of para-hydroxylation sites is 1. The van der Waals surface area contributed by atoms with Crippen LogP contribution in [0, 0.1) is 0 Å². The number of benzene rings is 1. The first kappa shape index (κ1) is 34.5. The molecule has 0 bridgehead atoms. The number of rotatable bonds is 11. The lowest BCUT2D eigenvalue weighted by Gasteiger charge is -2.27. The van der Waals surface area contributed by atoms with Crippen LogP contribution in [-0.2, 0) is 16.6 Å². The van der Waals surface area contributed by atoms with Gasteiger partial charge in [0.1, 0.15) is 11.3 Å². The molecule has 0 saturated heterocycles. The average molecular weight is 655 g/mol. The van der Waals surface area contributed by atoms with Crippen molar-refractivity contribution in [2.75, 3.05) is 49.3 Å². The van der Waals surface area contributed by atoms with Crippen LogP contribution in [-0.4, -0.2) is 82.0 Å². The second kappa shape index (κ2) is 14.0. The zero-order valence-corrected chi connectivity index (χ0v) is 27.0. The van der Waals surface area contributed by atoms with Crippen LogP contribution in [0.4, 0.5) is 41.1 Å². The van der Waals surface area contributed by atoms with E-state index in [4.69, 9.17) is 9.47 Å². The molecule has 0 aliphatic heterocycles. The average Bonchev–Trinajstić information content (AvgIpc) is 3.34. The van der Waals surface area contributed by atoms with Gasteiger partial charge in [-0.25, -0.2) is 14.8 Å². The Morgan fingerprint density at radius 3 is 2.47 bits per heavy atom. The van der Waals surface area contributed by atoms with E-state index in [1.54, 1.807) is 45.8 Å². The molecule has 0 spiro atoms. The number of ether oxygens (including phenoxy) is 2. The summed E-state index contributed by atoms with van der Waals surface area (Å²) in [5, 5.41) is 6.50. The molecule has 15 heteroatoms. The summed E-state index contributed by atoms with van der Waals surface area (Å²) in [7, 11) is 5.06. The first-order chi connectivity index (χ1) is 22.0. The van der Waals surface area contributed by atoms with E-state index < -0.39 is 36.3 Å². The van der Waals surface area contributed by atoms with Gasteiger partial charge < -0.3 is 34.5 Å². The van der Waals surface area contributed by atoms with E-state index in [0.717, 1.165) is 22.5 Å². The number of amides is 2. The van der Waals surface area contributed by atoms with E-state index in [9.17, 15) is 22.8 Å². The molecule has 12 nitrogen and oxygen atoms in total. The van der Waals surface area contributed by atoms with Crippen LogP contribution >= 0.6 is 0 Å². The molecule has 0 aliphatic carbocycles. The number of alkyl halides is 3. The molecule has 3 heterocycles. The minimum absolute atomic E-state index is 0.0355. The van der Waals surface area contributed by atoms with Crippen molar-refractivity contribution >= 4 is 46.0 Å². The number of anilines is 4. The summed E-state index contributed by atoms with van der Waals surface area (Å²) < 4.78 is 52.4. The maximum atomic E-state index is 13.3. The first-order valence-electron chi connectivity index (χ1n) is 14.5. The molecule has 0 saturated carbocycles. The van der Waals surface area contributed by atoms with Crippen molar-refractivity contribution < 1.29 is 32.2 Å². The van der Waals surface area contributed by atoms with Crippen LogP contribution in [0.15, 0.2) is 61.4 Å². The molecule has 0 unspecified atom stereocenters.